The fourth-order valence-electron chi connectivity index (χ4n) is 2.55. The van der Waals surface area contributed by atoms with Gasteiger partial charge in [0.05, 0.1) is 16.9 Å². The number of fused-ring (bicyclic) bond motifs is 1. The zero-order chi connectivity index (χ0) is 14.4. The Morgan fingerprint density at radius 3 is 2.45 bits per heavy atom. The lowest BCUT2D eigenvalue weighted by atomic mass is 10.2. The van der Waals surface area contributed by atoms with Crippen molar-refractivity contribution in [3.8, 4) is 11.4 Å². The van der Waals surface area contributed by atoms with E-state index in [1.54, 1.807) is 35.9 Å². The lowest BCUT2D eigenvalue weighted by molar-refractivity contribution is 0.0686. The van der Waals surface area contributed by atoms with Crippen molar-refractivity contribution in [2.45, 2.75) is 0 Å². The molecule has 0 radical (unpaired) electrons. The lowest BCUT2D eigenvalue weighted by Crippen LogP contribution is -2.06. The zero-order valence-corrected chi connectivity index (χ0v) is 11.1. The molecule has 4 nitrogen and oxygen atoms in total. The van der Waals surface area contributed by atoms with Crippen LogP contribution < -0.4 is 0 Å². The highest BCUT2D eigenvalue weighted by molar-refractivity contribution is 5.90. The molecule has 1 aromatic carbocycles. The minimum absolute atomic E-state index is 0.200. The molecule has 0 bridgehead atoms. The monoisotopic (exact) mass is 272 g/mol. The number of halogens is 1. The normalized spacial score (nSPS) is 11.2. The summed E-state index contributed by atoms with van der Waals surface area (Å²) in [7, 11) is 3.53. The molecule has 3 rings (SSSR count). The van der Waals surface area contributed by atoms with Crippen LogP contribution in [0.5, 0.6) is 0 Å². The number of carbonyl (C=O) groups is 1. The SMILES string of the molecule is Cn1c(C(=O)O)ccc1-c1cc2c(F)cccc2n1C. The fourth-order valence-corrected chi connectivity index (χ4v) is 2.55. The Balaban J connectivity index is 2.28. The Kier molecular flexibility index (Phi) is 2.64. The van der Waals surface area contributed by atoms with E-state index in [2.05, 4.69) is 0 Å². The summed E-state index contributed by atoms with van der Waals surface area (Å²) in [5, 5.41) is 9.62. The first-order chi connectivity index (χ1) is 9.50. The molecule has 0 saturated heterocycles. The Morgan fingerprint density at radius 1 is 1.10 bits per heavy atom. The van der Waals surface area contributed by atoms with Gasteiger partial charge in [-0.1, -0.05) is 6.07 Å². The van der Waals surface area contributed by atoms with Crippen LogP contribution in [0.1, 0.15) is 10.5 Å². The molecule has 0 saturated carbocycles. The van der Waals surface area contributed by atoms with Crippen LogP contribution in [0.15, 0.2) is 36.4 Å². The van der Waals surface area contributed by atoms with E-state index in [0.29, 0.717) is 5.39 Å². The van der Waals surface area contributed by atoms with Gasteiger partial charge in [0, 0.05) is 19.5 Å². The van der Waals surface area contributed by atoms with Crippen LogP contribution in [0.4, 0.5) is 4.39 Å². The van der Waals surface area contributed by atoms with E-state index in [-0.39, 0.29) is 11.5 Å². The second kappa shape index (κ2) is 4.23. The molecule has 5 heteroatoms. The standard InChI is InChI=1S/C15H13FN2O2/c1-17-11-5-3-4-10(16)9(11)8-14(17)12-6-7-13(15(19)20)18(12)2/h3-8H,1-2H3,(H,19,20). The molecule has 102 valence electrons. The molecule has 20 heavy (non-hydrogen) atoms. The summed E-state index contributed by atoms with van der Waals surface area (Å²) >= 11 is 0. The van der Waals surface area contributed by atoms with Crippen LogP contribution in [0.2, 0.25) is 0 Å². The maximum absolute atomic E-state index is 13.8. The molecule has 0 amide bonds. The number of carboxylic acids is 1. The number of aromatic carboxylic acids is 1. The average Bonchev–Trinajstić information content (AvgIpc) is 2.92. The van der Waals surface area contributed by atoms with E-state index >= 15 is 0 Å². The Morgan fingerprint density at radius 2 is 1.85 bits per heavy atom. The highest BCUT2D eigenvalue weighted by Gasteiger charge is 2.16. The van der Waals surface area contributed by atoms with Gasteiger partial charge in [-0.15, -0.1) is 0 Å². The minimum Gasteiger partial charge on any atom is -0.477 e. The summed E-state index contributed by atoms with van der Waals surface area (Å²) in [6, 6.07) is 9.94. The molecule has 0 aliphatic heterocycles. The molecule has 0 spiro atoms. The third kappa shape index (κ3) is 1.63. The van der Waals surface area contributed by atoms with Gasteiger partial charge in [0.1, 0.15) is 11.5 Å². The van der Waals surface area contributed by atoms with Crippen molar-refractivity contribution >= 4 is 16.9 Å². The average molecular weight is 272 g/mol. The van der Waals surface area contributed by atoms with Gasteiger partial charge in [-0.3, -0.25) is 0 Å². The van der Waals surface area contributed by atoms with Gasteiger partial charge in [-0.05, 0) is 30.3 Å². The lowest BCUT2D eigenvalue weighted by Gasteiger charge is -2.07. The first-order valence-corrected chi connectivity index (χ1v) is 6.14. The Labute approximate surface area is 114 Å². The first kappa shape index (κ1) is 12.5. The summed E-state index contributed by atoms with van der Waals surface area (Å²) in [6.45, 7) is 0. The van der Waals surface area contributed by atoms with Crippen molar-refractivity contribution in [1.29, 1.82) is 0 Å². The van der Waals surface area contributed by atoms with Gasteiger partial charge in [0.15, 0.2) is 0 Å². The molecule has 0 unspecified atom stereocenters. The predicted molar refractivity (Wildman–Crippen MR) is 74.2 cm³/mol. The molecular formula is C15H13FN2O2. The number of rotatable bonds is 2. The molecular weight excluding hydrogens is 259 g/mol. The molecule has 0 aliphatic rings. The fraction of sp³-hybridized carbons (Fsp3) is 0.133. The van der Waals surface area contributed by atoms with Crippen LogP contribution in [0.25, 0.3) is 22.3 Å². The number of benzene rings is 1. The second-order valence-electron chi connectivity index (χ2n) is 4.73. The van der Waals surface area contributed by atoms with Crippen LogP contribution in [0, 0.1) is 5.82 Å². The van der Waals surface area contributed by atoms with E-state index < -0.39 is 5.97 Å². The molecule has 0 atom stereocenters. The summed E-state index contributed by atoms with van der Waals surface area (Å²) in [6.07, 6.45) is 0. The molecule has 0 fully saturated rings. The van der Waals surface area contributed by atoms with E-state index in [1.165, 1.54) is 6.07 Å². The maximum atomic E-state index is 13.8. The molecule has 3 aromatic rings. The Bertz CT molecular complexity index is 830. The van der Waals surface area contributed by atoms with Crippen LogP contribution >= 0.6 is 0 Å². The van der Waals surface area contributed by atoms with E-state index in [0.717, 1.165) is 16.9 Å². The van der Waals surface area contributed by atoms with Crippen molar-refractivity contribution in [3.63, 3.8) is 0 Å². The van der Waals surface area contributed by atoms with Crippen molar-refractivity contribution in [1.82, 2.24) is 9.13 Å². The van der Waals surface area contributed by atoms with Crippen LogP contribution in [-0.2, 0) is 14.1 Å². The number of aryl methyl sites for hydroxylation is 1. The molecule has 0 aliphatic carbocycles. The van der Waals surface area contributed by atoms with Crippen LogP contribution in [0.3, 0.4) is 0 Å². The summed E-state index contributed by atoms with van der Waals surface area (Å²) in [5.41, 5.74) is 2.49. The number of aromatic nitrogens is 2. The van der Waals surface area contributed by atoms with Gasteiger partial charge in [0.2, 0.25) is 0 Å². The zero-order valence-electron chi connectivity index (χ0n) is 11.1. The van der Waals surface area contributed by atoms with Crippen molar-refractivity contribution in [2.75, 3.05) is 0 Å². The smallest absolute Gasteiger partial charge is 0.352 e. The second-order valence-corrected chi connectivity index (χ2v) is 4.73. The van der Waals surface area contributed by atoms with Crippen LogP contribution in [-0.4, -0.2) is 20.2 Å². The number of carboxylic acid groups (broad SMARTS) is 1. The predicted octanol–water partition coefficient (Wildman–Crippen LogP) is 3.02. The Hall–Kier alpha value is -2.56. The van der Waals surface area contributed by atoms with E-state index in [4.69, 9.17) is 5.11 Å². The van der Waals surface area contributed by atoms with Gasteiger partial charge in [-0.25, -0.2) is 9.18 Å². The summed E-state index contributed by atoms with van der Waals surface area (Å²) < 4.78 is 17.3. The largest absolute Gasteiger partial charge is 0.477 e. The maximum Gasteiger partial charge on any atom is 0.352 e. The third-order valence-electron chi connectivity index (χ3n) is 3.64. The highest BCUT2D eigenvalue weighted by atomic mass is 19.1. The summed E-state index contributed by atoms with van der Waals surface area (Å²) in [4.78, 5) is 11.1. The molecule has 2 heterocycles. The number of nitrogens with zero attached hydrogens (tertiary/aromatic N) is 2. The van der Waals surface area contributed by atoms with Gasteiger partial charge >= 0.3 is 5.97 Å². The van der Waals surface area contributed by atoms with Gasteiger partial charge in [-0.2, -0.15) is 0 Å². The third-order valence-corrected chi connectivity index (χ3v) is 3.64. The van der Waals surface area contributed by atoms with E-state index in [9.17, 15) is 9.18 Å². The quantitative estimate of drug-likeness (QED) is 0.779. The van der Waals surface area contributed by atoms with Crippen molar-refractivity contribution in [3.05, 3.63) is 47.9 Å². The molecule has 2 aromatic heterocycles. The summed E-state index contributed by atoms with van der Waals surface area (Å²) in [5.74, 6) is -1.26. The van der Waals surface area contributed by atoms with Crippen molar-refractivity contribution in [2.24, 2.45) is 14.1 Å². The van der Waals surface area contributed by atoms with Crippen molar-refractivity contribution < 1.29 is 14.3 Å². The van der Waals surface area contributed by atoms with Gasteiger partial charge < -0.3 is 14.2 Å². The molecule has 1 N–H and O–H groups in total. The highest BCUT2D eigenvalue weighted by Crippen LogP contribution is 2.29. The number of hydrogen-bond donors (Lipinski definition) is 1. The topological polar surface area (TPSA) is 47.2 Å². The van der Waals surface area contributed by atoms with E-state index in [1.807, 2.05) is 17.7 Å². The first-order valence-electron chi connectivity index (χ1n) is 6.14. The van der Waals surface area contributed by atoms with Gasteiger partial charge in [0.25, 0.3) is 0 Å². The number of hydrogen-bond acceptors (Lipinski definition) is 1. The minimum atomic E-state index is -0.983.